The summed E-state index contributed by atoms with van der Waals surface area (Å²) >= 11 is 0. The smallest absolute Gasteiger partial charge is 0.271 e. The van der Waals surface area contributed by atoms with Crippen LogP contribution < -0.4 is 5.32 Å². The Morgan fingerprint density at radius 1 is 1.18 bits per heavy atom. The van der Waals surface area contributed by atoms with E-state index in [1.165, 1.54) is 12.1 Å². The Morgan fingerprint density at radius 3 is 2.89 bits per heavy atom. The number of carbonyl (C=O) groups excluding carboxylic acids is 1. The molecule has 7 heteroatoms. The highest BCUT2D eigenvalue weighted by atomic mass is 19.1. The Labute approximate surface area is 160 Å². The lowest BCUT2D eigenvalue weighted by Crippen LogP contribution is -2.26. The summed E-state index contributed by atoms with van der Waals surface area (Å²) < 4.78 is 15.2. The van der Waals surface area contributed by atoms with E-state index in [0.717, 1.165) is 28.4 Å². The minimum atomic E-state index is -0.265. The number of H-pyrrole nitrogens is 1. The molecule has 1 atom stereocenters. The van der Waals surface area contributed by atoms with Gasteiger partial charge in [-0.25, -0.2) is 14.4 Å². The van der Waals surface area contributed by atoms with Gasteiger partial charge in [0.05, 0.1) is 0 Å². The van der Waals surface area contributed by atoms with Crippen molar-refractivity contribution in [1.82, 2.24) is 24.7 Å². The molecule has 5 rings (SSSR count). The van der Waals surface area contributed by atoms with Crippen LogP contribution in [0.25, 0.3) is 5.65 Å². The first-order valence-corrected chi connectivity index (χ1v) is 9.20. The van der Waals surface area contributed by atoms with E-state index in [1.54, 1.807) is 12.1 Å². The summed E-state index contributed by atoms with van der Waals surface area (Å²) in [5.41, 5.74) is 4.11. The number of rotatable bonds is 3. The highest BCUT2D eigenvalue weighted by molar-refractivity contribution is 5.94. The lowest BCUT2D eigenvalue weighted by Gasteiger charge is -2.14. The minimum absolute atomic E-state index is 0.0647. The van der Waals surface area contributed by atoms with Gasteiger partial charge in [-0.2, -0.15) is 0 Å². The van der Waals surface area contributed by atoms with E-state index in [0.29, 0.717) is 25.1 Å². The summed E-state index contributed by atoms with van der Waals surface area (Å²) in [6, 6.07) is 12.3. The molecule has 6 nitrogen and oxygen atoms in total. The number of hydrogen-bond donors (Lipinski definition) is 2. The third-order valence-corrected chi connectivity index (χ3v) is 5.19. The predicted molar refractivity (Wildman–Crippen MR) is 102 cm³/mol. The second kappa shape index (κ2) is 6.60. The maximum Gasteiger partial charge on any atom is 0.271 e. The maximum absolute atomic E-state index is 13.2. The number of hydrogen-bond acceptors (Lipinski definition) is 3. The number of nitrogens with zero attached hydrogens (tertiary/aromatic N) is 3. The molecule has 1 aliphatic heterocycles. The molecule has 2 N–H and O–H groups in total. The lowest BCUT2D eigenvalue weighted by molar-refractivity contribution is 0.0950. The van der Waals surface area contributed by atoms with Crippen molar-refractivity contribution in [3.05, 3.63) is 89.1 Å². The van der Waals surface area contributed by atoms with Gasteiger partial charge in [-0.1, -0.05) is 18.2 Å². The van der Waals surface area contributed by atoms with E-state index in [4.69, 9.17) is 0 Å². The van der Waals surface area contributed by atoms with Gasteiger partial charge in [0.1, 0.15) is 23.0 Å². The second-order valence-electron chi connectivity index (χ2n) is 7.03. The standard InChI is InChI=1S/C21H18FN5O/c22-15-6-4-13(5-7-15)14-9-17-20(21(28)24-11-14)26-18(25-17)10-16-12-23-19-3-1-2-8-27(16)19/h1-8,12,14H,9-11H2,(H,24,28)(H,25,26)/t14-/m0/s1. The highest BCUT2D eigenvalue weighted by Gasteiger charge is 2.26. The number of halogens is 1. The van der Waals surface area contributed by atoms with Crippen LogP contribution in [0.3, 0.4) is 0 Å². The minimum Gasteiger partial charge on any atom is -0.350 e. The third-order valence-electron chi connectivity index (χ3n) is 5.19. The van der Waals surface area contributed by atoms with Crippen LogP contribution in [0.15, 0.2) is 54.9 Å². The van der Waals surface area contributed by atoms with Crippen LogP contribution in [0.2, 0.25) is 0 Å². The zero-order chi connectivity index (χ0) is 19.1. The van der Waals surface area contributed by atoms with E-state index in [1.807, 2.05) is 35.0 Å². The van der Waals surface area contributed by atoms with Gasteiger partial charge in [0.25, 0.3) is 5.91 Å². The number of pyridine rings is 1. The Balaban J connectivity index is 1.45. The average molecular weight is 375 g/mol. The Bertz CT molecular complexity index is 1160. The van der Waals surface area contributed by atoms with Gasteiger partial charge in [0.15, 0.2) is 0 Å². The van der Waals surface area contributed by atoms with E-state index >= 15 is 0 Å². The van der Waals surface area contributed by atoms with E-state index < -0.39 is 0 Å². The predicted octanol–water partition coefficient (Wildman–Crippen LogP) is 2.86. The molecule has 1 aliphatic rings. The van der Waals surface area contributed by atoms with E-state index in [-0.39, 0.29) is 17.6 Å². The van der Waals surface area contributed by atoms with Crippen molar-refractivity contribution >= 4 is 11.6 Å². The normalized spacial score (nSPS) is 16.6. The molecule has 1 amide bonds. The van der Waals surface area contributed by atoms with Gasteiger partial charge in [-0.05, 0) is 36.2 Å². The number of nitrogens with one attached hydrogen (secondary N) is 2. The quantitative estimate of drug-likeness (QED) is 0.578. The fourth-order valence-electron chi connectivity index (χ4n) is 3.76. The van der Waals surface area contributed by atoms with Crippen molar-refractivity contribution in [2.75, 3.05) is 6.54 Å². The number of carbonyl (C=O) groups is 1. The van der Waals surface area contributed by atoms with Gasteiger partial charge in [-0.3, -0.25) is 4.79 Å². The topological polar surface area (TPSA) is 75.1 Å². The zero-order valence-electron chi connectivity index (χ0n) is 15.0. The summed E-state index contributed by atoms with van der Waals surface area (Å²) in [6.07, 6.45) is 4.97. The van der Waals surface area contributed by atoms with Gasteiger partial charge in [-0.15, -0.1) is 0 Å². The van der Waals surface area contributed by atoms with Crippen LogP contribution in [0.4, 0.5) is 4.39 Å². The molecule has 4 aromatic rings. The summed E-state index contributed by atoms with van der Waals surface area (Å²) in [5, 5.41) is 2.93. The molecule has 0 bridgehead atoms. The number of aromatic amines is 1. The van der Waals surface area contributed by atoms with Crippen LogP contribution in [-0.4, -0.2) is 31.8 Å². The number of amides is 1. The maximum atomic E-state index is 13.2. The first-order valence-electron chi connectivity index (χ1n) is 9.20. The zero-order valence-corrected chi connectivity index (χ0v) is 15.0. The van der Waals surface area contributed by atoms with Crippen LogP contribution in [0.5, 0.6) is 0 Å². The number of benzene rings is 1. The van der Waals surface area contributed by atoms with Crippen molar-refractivity contribution < 1.29 is 9.18 Å². The third kappa shape index (κ3) is 2.94. The summed E-state index contributed by atoms with van der Waals surface area (Å²) in [6.45, 7) is 0.497. The molecular weight excluding hydrogens is 357 g/mol. The van der Waals surface area contributed by atoms with Crippen molar-refractivity contribution in [1.29, 1.82) is 0 Å². The molecular formula is C21H18FN5O. The molecule has 0 aliphatic carbocycles. The Hall–Kier alpha value is -3.48. The molecule has 1 aromatic carbocycles. The Kier molecular flexibility index (Phi) is 3.93. The SMILES string of the molecule is O=C1NC[C@@H](c2ccc(F)cc2)Cc2[nH]c(Cc3cnc4ccccn34)nc21. The number of imidazole rings is 2. The Morgan fingerprint density at radius 2 is 2.04 bits per heavy atom. The number of aromatic nitrogens is 4. The largest absolute Gasteiger partial charge is 0.350 e. The highest BCUT2D eigenvalue weighted by Crippen LogP contribution is 2.25. The molecule has 28 heavy (non-hydrogen) atoms. The molecule has 3 aromatic heterocycles. The molecule has 0 spiro atoms. The summed E-state index contributed by atoms with van der Waals surface area (Å²) in [7, 11) is 0. The van der Waals surface area contributed by atoms with Crippen molar-refractivity contribution in [3.63, 3.8) is 0 Å². The molecule has 4 heterocycles. The second-order valence-corrected chi connectivity index (χ2v) is 7.03. The van der Waals surface area contributed by atoms with Crippen LogP contribution in [-0.2, 0) is 12.8 Å². The first-order chi connectivity index (χ1) is 13.7. The van der Waals surface area contributed by atoms with Crippen molar-refractivity contribution in [2.24, 2.45) is 0 Å². The molecule has 0 fully saturated rings. The average Bonchev–Trinajstić information content (AvgIpc) is 3.26. The van der Waals surface area contributed by atoms with Gasteiger partial charge in [0, 0.05) is 42.7 Å². The molecule has 0 saturated carbocycles. The monoisotopic (exact) mass is 375 g/mol. The fourth-order valence-corrected chi connectivity index (χ4v) is 3.76. The summed E-state index contributed by atoms with van der Waals surface area (Å²) in [4.78, 5) is 24.8. The van der Waals surface area contributed by atoms with Gasteiger partial charge >= 0.3 is 0 Å². The lowest BCUT2D eigenvalue weighted by atomic mass is 9.94. The van der Waals surface area contributed by atoms with Crippen molar-refractivity contribution in [3.8, 4) is 0 Å². The number of fused-ring (bicyclic) bond motifs is 2. The van der Waals surface area contributed by atoms with Crippen LogP contribution >= 0.6 is 0 Å². The molecule has 0 unspecified atom stereocenters. The van der Waals surface area contributed by atoms with Crippen LogP contribution in [0.1, 0.15) is 39.2 Å². The van der Waals surface area contributed by atoms with Gasteiger partial charge in [0.2, 0.25) is 0 Å². The van der Waals surface area contributed by atoms with Crippen molar-refractivity contribution in [2.45, 2.75) is 18.8 Å². The summed E-state index contributed by atoms with van der Waals surface area (Å²) in [5.74, 6) is 0.347. The van der Waals surface area contributed by atoms with Crippen LogP contribution in [0, 0.1) is 5.82 Å². The molecule has 0 saturated heterocycles. The fraction of sp³-hybridized carbons (Fsp3) is 0.190. The molecule has 0 radical (unpaired) electrons. The molecule has 140 valence electrons. The van der Waals surface area contributed by atoms with E-state index in [2.05, 4.69) is 20.3 Å². The first kappa shape index (κ1) is 16.7. The van der Waals surface area contributed by atoms with E-state index in [9.17, 15) is 9.18 Å². The van der Waals surface area contributed by atoms with Gasteiger partial charge < -0.3 is 14.7 Å².